The Balaban J connectivity index is 2.26. The number of aromatic carboxylic acids is 1. The third-order valence-electron chi connectivity index (χ3n) is 3.20. The van der Waals surface area contributed by atoms with E-state index >= 15 is 0 Å². The molecule has 0 saturated heterocycles. The average molecular weight is 336 g/mol. The SMILES string of the molecule is COc1c(O)cc(C(=O)Nc2ccc(C(=O)O)c(C)c2)cc1Cl. The van der Waals surface area contributed by atoms with Crippen molar-refractivity contribution in [2.24, 2.45) is 0 Å². The maximum Gasteiger partial charge on any atom is 0.335 e. The first-order valence-electron chi connectivity index (χ1n) is 6.55. The van der Waals surface area contributed by atoms with Gasteiger partial charge in [-0.05, 0) is 42.8 Å². The van der Waals surface area contributed by atoms with E-state index in [0.717, 1.165) is 0 Å². The van der Waals surface area contributed by atoms with Gasteiger partial charge in [0.05, 0.1) is 17.7 Å². The topological polar surface area (TPSA) is 95.9 Å². The molecule has 2 rings (SSSR count). The molecule has 2 aromatic rings. The van der Waals surface area contributed by atoms with Gasteiger partial charge in [-0.15, -0.1) is 0 Å². The van der Waals surface area contributed by atoms with E-state index in [-0.39, 0.29) is 27.6 Å². The van der Waals surface area contributed by atoms with Gasteiger partial charge < -0.3 is 20.3 Å². The maximum absolute atomic E-state index is 12.2. The summed E-state index contributed by atoms with van der Waals surface area (Å²) in [7, 11) is 1.35. The van der Waals surface area contributed by atoms with Crippen molar-refractivity contribution in [2.75, 3.05) is 12.4 Å². The number of ether oxygens (including phenoxy) is 1. The van der Waals surface area contributed by atoms with Crippen LogP contribution >= 0.6 is 11.6 Å². The van der Waals surface area contributed by atoms with E-state index in [1.165, 1.54) is 31.4 Å². The average Bonchev–Trinajstić information content (AvgIpc) is 2.46. The van der Waals surface area contributed by atoms with E-state index in [4.69, 9.17) is 21.4 Å². The molecule has 0 spiro atoms. The van der Waals surface area contributed by atoms with Crippen molar-refractivity contribution in [1.29, 1.82) is 0 Å². The van der Waals surface area contributed by atoms with Crippen LogP contribution in [-0.2, 0) is 0 Å². The summed E-state index contributed by atoms with van der Waals surface area (Å²) in [6.07, 6.45) is 0. The number of phenolic OH excluding ortho intramolecular Hbond substituents is 1. The van der Waals surface area contributed by atoms with Gasteiger partial charge >= 0.3 is 5.97 Å². The van der Waals surface area contributed by atoms with Crippen LogP contribution in [-0.4, -0.2) is 29.2 Å². The van der Waals surface area contributed by atoms with Gasteiger partial charge in [0.2, 0.25) is 0 Å². The van der Waals surface area contributed by atoms with Crippen LogP contribution in [0.3, 0.4) is 0 Å². The number of amides is 1. The van der Waals surface area contributed by atoms with Crippen LogP contribution < -0.4 is 10.1 Å². The number of phenols is 1. The number of carbonyl (C=O) groups excluding carboxylic acids is 1. The Bertz CT molecular complexity index is 765. The van der Waals surface area contributed by atoms with E-state index < -0.39 is 11.9 Å². The van der Waals surface area contributed by atoms with Crippen LogP contribution in [0.15, 0.2) is 30.3 Å². The monoisotopic (exact) mass is 335 g/mol. The fraction of sp³-hybridized carbons (Fsp3) is 0.125. The second-order valence-electron chi connectivity index (χ2n) is 4.80. The summed E-state index contributed by atoms with van der Waals surface area (Å²) in [5.41, 5.74) is 1.26. The Morgan fingerprint density at radius 2 is 1.91 bits per heavy atom. The molecule has 120 valence electrons. The van der Waals surface area contributed by atoms with Gasteiger partial charge in [0, 0.05) is 11.3 Å². The minimum absolute atomic E-state index is 0.0878. The van der Waals surface area contributed by atoms with E-state index in [1.807, 2.05) is 0 Å². The van der Waals surface area contributed by atoms with Gasteiger partial charge in [-0.2, -0.15) is 0 Å². The number of benzene rings is 2. The number of rotatable bonds is 4. The minimum atomic E-state index is -1.03. The lowest BCUT2D eigenvalue weighted by atomic mass is 10.1. The zero-order valence-electron chi connectivity index (χ0n) is 12.4. The van der Waals surface area contributed by atoms with Gasteiger partial charge in [0.25, 0.3) is 5.91 Å². The number of halogens is 1. The quantitative estimate of drug-likeness (QED) is 0.796. The van der Waals surface area contributed by atoms with Gasteiger partial charge in [0.1, 0.15) is 0 Å². The van der Waals surface area contributed by atoms with Crippen LogP contribution in [0.5, 0.6) is 11.5 Å². The summed E-state index contributed by atoms with van der Waals surface area (Å²) < 4.78 is 4.91. The highest BCUT2D eigenvalue weighted by atomic mass is 35.5. The van der Waals surface area contributed by atoms with Crippen LogP contribution in [0.25, 0.3) is 0 Å². The number of anilines is 1. The van der Waals surface area contributed by atoms with Crippen molar-refractivity contribution in [1.82, 2.24) is 0 Å². The van der Waals surface area contributed by atoms with E-state index in [2.05, 4.69) is 5.32 Å². The summed E-state index contributed by atoms with van der Waals surface area (Å²) in [6, 6.07) is 7.05. The molecule has 0 aromatic heterocycles. The smallest absolute Gasteiger partial charge is 0.335 e. The molecule has 6 nitrogen and oxygen atoms in total. The summed E-state index contributed by atoms with van der Waals surface area (Å²) >= 11 is 5.93. The number of hydrogen-bond donors (Lipinski definition) is 3. The normalized spacial score (nSPS) is 10.2. The molecule has 0 saturated carbocycles. The molecule has 0 bridgehead atoms. The lowest BCUT2D eigenvalue weighted by Crippen LogP contribution is -2.12. The molecular formula is C16H14ClNO5. The maximum atomic E-state index is 12.2. The van der Waals surface area contributed by atoms with Crippen LogP contribution in [0.4, 0.5) is 5.69 Å². The Hall–Kier alpha value is -2.73. The second-order valence-corrected chi connectivity index (χ2v) is 5.21. The number of aromatic hydroxyl groups is 1. The lowest BCUT2D eigenvalue weighted by molar-refractivity contribution is 0.0696. The Morgan fingerprint density at radius 1 is 1.22 bits per heavy atom. The zero-order chi connectivity index (χ0) is 17.1. The fourth-order valence-electron chi connectivity index (χ4n) is 2.10. The van der Waals surface area contributed by atoms with Crippen LogP contribution in [0.2, 0.25) is 5.02 Å². The van der Waals surface area contributed by atoms with Crippen LogP contribution in [0, 0.1) is 6.92 Å². The van der Waals surface area contributed by atoms with Crippen molar-refractivity contribution >= 4 is 29.2 Å². The summed E-state index contributed by atoms with van der Waals surface area (Å²) in [4.78, 5) is 23.2. The summed E-state index contributed by atoms with van der Waals surface area (Å²) in [5, 5.41) is 21.5. The first-order valence-corrected chi connectivity index (χ1v) is 6.93. The van der Waals surface area contributed by atoms with Crippen molar-refractivity contribution in [3.05, 3.63) is 52.0 Å². The molecule has 23 heavy (non-hydrogen) atoms. The number of aryl methyl sites for hydroxylation is 1. The Kier molecular flexibility index (Phi) is 4.76. The van der Waals surface area contributed by atoms with Crippen molar-refractivity contribution in [3.8, 4) is 11.5 Å². The fourth-order valence-corrected chi connectivity index (χ4v) is 2.39. The number of carbonyl (C=O) groups is 2. The summed E-state index contributed by atoms with van der Waals surface area (Å²) in [6.45, 7) is 1.63. The molecule has 0 heterocycles. The molecule has 0 atom stereocenters. The van der Waals surface area contributed by atoms with E-state index in [0.29, 0.717) is 11.3 Å². The largest absolute Gasteiger partial charge is 0.504 e. The molecular weight excluding hydrogens is 322 g/mol. The number of hydrogen-bond acceptors (Lipinski definition) is 4. The standard InChI is InChI=1S/C16H14ClNO5/c1-8-5-10(3-4-11(8)16(21)22)18-15(20)9-6-12(17)14(23-2)13(19)7-9/h3-7,19H,1-2H3,(H,18,20)(H,21,22). The van der Waals surface area contributed by atoms with Crippen LogP contribution in [0.1, 0.15) is 26.3 Å². The highest BCUT2D eigenvalue weighted by Gasteiger charge is 2.15. The summed E-state index contributed by atoms with van der Waals surface area (Å²) in [5.74, 6) is -1.69. The highest BCUT2D eigenvalue weighted by Crippen LogP contribution is 2.35. The van der Waals surface area contributed by atoms with E-state index in [9.17, 15) is 14.7 Å². The molecule has 2 aromatic carbocycles. The first-order chi connectivity index (χ1) is 10.8. The number of nitrogens with one attached hydrogen (secondary N) is 1. The van der Waals surface area contributed by atoms with Gasteiger partial charge in [-0.3, -0.25) is 4.79 Å². The number of carboxylic acids is 1. The van der Waals surface area contributed by atoms with Gasteiger partial charge in [-0.25, -0.2) is 4.79 Å². The number of methoxy groups -OCH3 is 1. The van der Waals surface area contributed by atoms with E-state index in [1.54, 1.807) is 13.0 Å². The third-order valence-corrected chi connectivity index (χ3v) is 3.49. The lowest BCUT2D eigenvalue weighted by Gasteiger charge is -2.10. The third kappa shape index (κ3) is 3.54. The predicted octanol–water partition coefficient (Wildman–Crippen LogP) is 3.31. The van der Waals surface area contributed by atoms with Crippen molar-refractivity contribution in [3.63, 3.8) is 0 Å². The zero-order valence-corrected chi connectivity index (χ0v) is 13.1. The molecule has 1 amide bonds. The van der Waals surface area contributed by atoms with Crippen molar-refractivity contribution < 1.29 is 24.5 Å². The van der Waals surface area contributed by atoms with Crippen molar-refractivity contribution in [2.45, 2.75) is 6.92 Å². The molecule has 0 fully saturated rings. The molecule has 0 radical (unpaired) electrons. The Morgan fingerprint density at radius 3 is 2.43 bits per heavy atom. The molecule has 0 unspecified atom stereocenters. The second kappa shape index (κ2) is 6.58. The minimum Gasteiger partial charge on any atom is -0.504 e. The molecule has 3 N–H and O–H groups in total. The highest BCUT2D eigenvalue weighted by molar-refractivity contribution is 6.32. The molecule has 0 aliphatic heterocycles. The number of carboxylic acid groups (broad SMARTS) is 1. The Labute approximate surface area is 137 Å². The molecule has 0 aliphatic rings. The first kappa shape index (κ1) is 16.6. The predicted molar refractivity (Wildman–Crippen MR) is 85.8 cm³/mol. The molecule has 0 aliphatic carbocycles. The van der Waals surface area contributed by atoms with Gasteiger partial charge in [-0.1, -0.05) is 11.6 Å². The molecule has 7 heteroatoms. The van der Waals surface area contributed by atoms with Gasteiger partial charge in [0.15, 0.2) is 11.5 Å².